The van der Waals surface area contributed by atoms with Crippen molar-refractivity contribution in [1.82, 2.24) is 4.98 Å². The number of anilines is 1. The van der Waals surface area contributed by atoms with Gasteiger partial charge >= 0.3 is 6.09 Å². The van der Waals surface area contributed by atoms with E-state index in [9.17, 15) is 4.79 Å². The fraction of sp³-hybridized carbons (Fsp3) is 0.455. The van der Waals surface area contributed by atoms with E-state index in [0.717, 1.165) is 22.8 Å². The highest BCUT2D eigenvalue weighted by Gasteiger charge is 2.45. The quantitative estimate of drug-likeness (QED) is 0.744. The third-order valence-electron chi connectivity index (χ3n) is 3.16. The zero-order chi connectivity index (χ0) is 11.1. The SMILES string of the molecule is O=C1OC2CCCC2N1c1ccc(I)cn1. The molecule has 2 aliphatic rings. The zero-order valence-corrected chi connectivity index (χ0v) is 10.8. The first-order valence-electron chi connectivity index (χ1n) is 5.37. The van der Waals surface area contributed by atoms with Gasteiger partial charge in [-0.1, -0.05) is 0 Å². The molecule has 1 aromatic rings. The summed E-state index contributed by atoms with van der Waals surface area (Å²) in [7, 11) is 0. The molecule has 0 radical (unpaired) electrons. The van der Waals surface area contributed by atoms with Gasteiger partial charge in [-0.25, -0.2) is 9.78 Å². The molecule has 1 aliphatic heterocycles. The largest absolute Gasteiger partial charge is 0.444 e. The van der Waals surface area contributed by atoms with Crippen molar-refractivity contribution in [2.45, 2.75) is 31.4 Å². The summed E-state index contributed by atoms with van der Waals surface area (Å²) in [5.41, 5.74) is 0. The lowest BCUT2D eigenvalue weighted by molar-refractivity contribution is 0.138. The van der Waals surface area contributed by atoms with Gasteiger partial charge in [-0.2, -0.15) is 0 Å². The van der Waals surface area contributed by atoms with Gasteiger partial charge in [0, 0.05) is 9.77 Å². The summed E-state index contributed by atoms with van der Waals surface area (Å²) >= 11 is 2.20. The Hall–Kier alpha value is -0.850. The predicted octanol–water partition coefficient (Wildman–Crippen LogP) is 2.56. The topological polar surface area (TPSA) is 42.4 Å². The van der Waals surface area contributed by atoms with Crippen LogP contribution in [0.15, 0.2) is 18.3 Å². The predicted molar refractivity (Wildman–Crippen MR) is 67.3 cm³/mol. The second-order valence-electron chi connectivity index (χ2n) is 4.13. The molecule has 3 rings (SSSR count). The third kappa shape index (κ3) is 1.57. The van der Waals surface area contributed by atoms with E-state index in [0.29, 0.717) is 5.82 Å². The molecule has 16 heavy (non-hydrogen) atoms. The minimum absolute atomic E-state index is 0.0774. The molecule has 1 saturated carbocycles. The Morgan fingerprint density at radius 1 is 1.44 bits per heavy atom. The van der Waals surface area contributed by atoms with Crippen molar-refractivity contribution in [2.75, 3.05) is 4.90 Å². The second kappa shape index (κ2) is 3.87. The molecule has 0 bridgehead atoms. The maximum Gasteiger partial charge on any atom is 0.416 e. The first-order valence-corrected chi connectivity index (χ1v) is 6.45. The summed E-state index contributed by atoms with van der Waals surface area (Å²) < 4.78 is 6.39. The van der Waals surface area contributed by atoms with Gasteiger partial charge in [0.25, 0.3) is 0 Å². The average Bonchev–Trinajstić information content (AvgIpc) is 2.79. The molecule has 0 aromatic carbocycles. The van der Waals surface area contributed by atoms with Crippen LogP contribution < -0.4 is 4.90 Å². The normalized spacial score (nSPS) is 28.1. The van der Waals surface area contributed by atoms with Gasteiger partial charge in [-0.05, 0) is 54.0 Å². The lowest BCUT2D eigenvalue weighted by atomic mass is 10.2. The zero-order valence-electron chi connectivity index (χ0n) is 8.60. The molecule has 1 saturated heterocycles. The van der Waals surface area contributed by atoms with E-state index in [1.807, 2.05) is 12.1 Å². The van der Waals surface area contributed by atoms with Crippen molar-refractivity contribution in [3.05, 3.63) is 21.9 Å². The van der Waals surface area contributed by atoms with E-state index < -0.39 is 0 Å². The van der Waals surface area contributed by atoms with Crippen molar-refractivity contribution in [2.24, 2.45) is 0 Å². The molecule has 4 nitrogen and oxygen atoms in total. The van der Waals surface area contributed by atoms with Gasteiger partial charge in [0.05, 0.1) is 6.04 Å². The summed E-state index contributed by atoms with van der Waals surface area (Å²) in [6.07, 6.45) is 4.73. The maximum absolute atomic E-state index is 11.7. The summed E-state index contributed by atoms with van der Waals surface area (Å²) in [6, 6.07) is 4.03. The third-order valence-corrected chi connectivity index (χ3v) is 3.79. The van der Waals surface area contributed by atoms with Crippen LogP contribution in [-0.2, 0) is 4.74 Å². The van der Waals surface area contributed by atoms with Crippen molar-refractivity contribution < 1.29 is 9.53 Å². The van der Waals surface area contributed by atoms with Crippen LogP contribution in [0.1, 0.15) is 19.3 Å². The summed E-state index contributed by atoms with van der Waals surface area (Å²) in [5.74, 6) is 0.708. The summed E-state index contributed by atoms with van der Waals surface area (Å²) in [5, 5.41) is 0. The van der Waals surface area contributed by atoms with Gasteiger partial charge < -0.3 is 4.74 Å². The Kier molecular flexibility index (Phi) is 2.49. The van der Waals surface area contributed by atoms with E-state index in [1.54, 1.807) is 11.1 Å². The number of rotatable bonds is 1. The monoisotopic (exact) mass is 330 g/mol. The molecule has 2 unspecified atom stereocenters. The number of nitrogens with zero attached hydrogens (tertiary/aromatic N) is 2. The Balaban J connectivity index is 1.93. The highest BCUT2D eigenvalue weighted by atomic mass is 127. The molecular formula is C11H11IN2O2. The number of pyridine rings is 1. The number of ether oxygens (including phenoxy) is 1. The maximum atomic E-state index is 11.7. The number of fused-ring (bicyclic) bond motifs is 1. The smallest absolute Gasteiger partial charge is 0.416 e. The van der Waals surface area contributed by atoms with Crippen LogP contribution in [0.5, 0.6) is 0 Å². The van der Waals surface area contributed by atoms with Gasteiger partial charge in [0.1, 0.15) is 11.9 Å². The molecule has 2 atom stereocenters. The van der Waals surface area contributed by atoms with Crippen molar-refractivity contribution in [3.8, 4) is 0 Å². The van der Waals surface area contributed by atoms with E-state index in [1.165, 1.54) is 0 Å². The molecule has 2 heterocycles. The van der Waals surface area contributed by atoms with Gasteiger partial charge in [-0.15, -0.1) is 0 Å². The molecule has 1 aliphatic carbocycles. The summed E-state index contributed by atoms with van der Waals surface area (Å²) in [4.78, 5) is 17.7. The molecular weight excluding hydrogens is 319 g/mol. The lowest BCUT2D eigenvalue weighted by Crippen LogP contribution is -2.34. The van der Waals surface area contributed by atoms with Crippen molar-refractivity contribution in [1.29, 1.82) is 0 Å². The molecule has 0 N–H and O–H groups in total. The van der Waals surface area contributed by atoms with Gasteiger partial charge in [0.2, 0.25) is 0 Å². The fourth-order valence-electron chi connectivity index (χ4n) is 2.43. The number of carbonyl (C=O) groups excluding carboxylic acids is 1. The first-order chi connectivity index (χ1) is 7.75. The fourth-order valence-corrected chi connectivity index (χ4v) is 2.75. The number of halogens is 1. The number of hydrogen-bond donors (Lipinski definition) is 0. The van der Waals surface area contributed by atoms with Crippen LogP contribution in [0, 0.1) is 3.57 Å². The summed E-state index contributed by atoms with van der Waals surface area (Å²) in [6.45, 7) is 0. The number of amides is 1. The number of carbonyl (C=O) groups is 1. The molecule has 2 fully saturated rings. The van der Waals surface area contributed by atoms with Crippen LogP contribution in [-0.4, -0.2) is 23.2 Å². The molecule has 5 heteroatoms. The van der Waals surface area contributed by atoms with Crippen LogP contribution >= 0.6 is 22.6 Å². The lowest BCUT2D eigenvalue weighted by Gasteiger charge is -2.18. The average molecular weight is 330 g/mol. The highest BCUT2D eigenvalue weighted by molar-refractivity contribution is 14.1. The second-order valence-corrected chi connectivity index (χ2v) is 5.37. The molecule has 0 spiro atoms. The Morgan fingerprint density at radius 2 is 2.31 bits per heavy atom. The Morgan fingerprint density at radius 3 is 3.06 bits per heavy atom. The van der Waals surface area contributed by atoms with E-state index in [-0.39, 0.29) is 18.2 Å². The Bertz CT molecular complexity index is 420. The molecule has 1 amide bonds. The highest BCUT2D eigenvalue weighted by Crippen LogP contribution is 2.35. The number of aromatic nitrogens is 1. The van der Waals surface area contributed by atoms with Crippen molar-refractivity contribution in [3.63, 3.8) is 0 Å². The minimum atomic E-state index is -0.247. The first kappa shape index (κ1) is 10.3. The van der Waals surface area contributed by atoms with Crippen molar-refractivity contribution >= 4 is 34.5 Å². The molecule has 1 aromatic heterocycles. The van der Waals surface area contributed by atoms with Crippen LogP contribution in [0.3, 0.4) is 0 Å². The van der Waals surface area contributed by atoms with Crippen LogP contribution in [0.4, 0.5) is 10.6 Å². The Labute approximate surface area is 107 Å². The standard InChI is InChI=1S/C11H11IN2O2/c12-7-4-5-10(13-6-7)14-8-2-1-3-9(8)16-11(14)15/h4-6,8-9H,1-3H2. The van der Waals surface area contributed by atoms with Crippen LogP contribution in [0.25, 0.3) is 0 Å². The molecule has 84 valence electrons. The van der Waals surface area contributed by atoms with E-state index in [4.69, 9.17) is 4.74 Å². The van der Waals surface area contributed by atoms with Gasteiger partial charge in [0.15, 0.2) is 0 Å². The minimum Gasteiger partial charge on any atom is -0.444 e. The van der Waals surface area contributed by atoms with Crippen LogP contribution in [0.2, 0.25) is 0 Å². The van der Waals surface area contributed by atoms with E-state index in [2.05, 4.69) is 27.6 Å². The number of hydrogen-bond acceptors (Lipinski definition) is 3. The van der Waals surface area contributed by atoms with E-state index >= 15 is 0 Å². The van der Waals surface area contributed by atoms with Gasteiger partial charge in [-0.3, -0.25) is 4.90 Å².